The monoisotopic (exact) mass is 263 g/mol. The summed E-state index contributed by atoms with van der Waals surface area (Å²) >= 11 is 0. The summed E-state index contributed by atoms with van der Waals surface area (Å²) in [6.07, 6.45) is 0. The highest BCUT2D eigenvalue weighted by Gasteiger charge is 2.28. The molecule has 0 bridgehead atoms. The molecule has 0 radical (unpaired) electrons. The number of rotatable bonds is 0. The van der Waals surface area contributed by atoms with Crippen molar-refractivity contribution >= 4 is 18.4 Å². The maximum Gasteiger partial charge on any atom is 0.320 e. The van der Waals surface area contributed by atoms with Crippen molar-refractivity contribution < 1.29 is 9.53 Å². The molecule has 2 atom stereocenters. The molecule has 2 aliphatic rings. The number of nitrogens with zero attached hydrogens (tertiary/aromatic N) is 2. The third-order valence-corrected chi connectivity index (χ3v) is 3.11. The van der Waals surface area contributed by atoms with Gasteiger partial charge in [-0.05, 0) is 13.8 Å². The zero-order chi connectivity index (χ0) is 11.5. The highest BCUT2D eigenvalue weighted by Crippen LogP contribution is 2.09. The topological polar surface area (TPSA) is 44.8 Å². The van der Waals surface area contributed by atoms with E-state index in [2.05, 4.69) is 19.2 Å². The van der Waals surface area contributed by atoms with Gasteiger partial charge in [0.15, 0.2) is 0 Å². The van der Waals surface area contributed by atoms with Crippen LogP contribution in [0.5, 0.6) is 0 Å². The van der Waals surface area contributed by atoms with Gasteiger partial charge in [-0.1, -0.05) is 0 Å². The van der Waals surface area contributed by atoms with Crippen LogP contribution in [0.15, 0.2) is 0 Å². The fraction of sp³-hybridized carbons (Fsp3) is 0.909. The Bertz CT molecular complexity index is 249. The Morgan fingerprint density at radius 2 is 1.65 bits per heavy atom. The van der Waals surface area contributed by atoms with E-state index in [0.29, 0.717) is 25.3 Å². The van der Waals surface area contributed by atoms with Crippen LogP contribution in [0.25, 0.3) is 0 Å². The van der Waals surface area contributed by atoms with E-state index in [1.807, 2.05) is 9.80 Å². The standard InChI is InChI=1S/C11H21N3O2.ClH/c1-9-7-14(8-10(2)12-9)11(15)13-3-5-16-6-4-13;/h9-10,12H,3-8H2,1-2H3;1H. The molecule has 5 nitrogen and oxygen atoms in total. The fourth-order valence-electron chi connectivity index (χ4n) is 2.44. The van der Waals surface area contributed by atoms with Gasteiger partial charge in [0, 0.05) is 38.3 Å². The van der Waals surface area contributed by atoms with Crippen LogP contribution in [0.2, 0.25) is 0 Å². The van der Waals surface area contributed by atoms with Crippen molar-refractivity contribution in [3.8, 4) is 0 Å². The summed E-state index contributed by atoms with van der Waals surface area (Å²) in [7, 11) is 0. The normalized spacial score (nSPS) is 29.8. The number of amides is 2. The summed E-state index contributed by atoms with van der Waals surface area (Å²) in [5.74, 6) is 0. The third kappa shape index (κ3) is 3.72. The fourth-order valence-corrected chi connectivity index (χ4v) is 2.44. The summed E-state index contributed by atoms with van der Waals surface area (Å²) in [5, 5.41) is 3.43. The van der Waals surface area contributed by atoms with Crippen LogP contribution >= 0.6 is 12.4 Å². The van der Waals surface area contributed by atoms with Crippen LogP contribution in [-0.4, -0.2) is 67.3 Å². The molecule has 1 N–H and O–H groups in total. The predicted molar refractivity (Wildman–Crippen MR) is 68.7 cm³/mol. The van der Waals surface area contributed by atoms with Gasteiger partial charge in [0.05, 0.1) is 13.2 Å². The van der Waals surface area contributed by atoms with Crippen molar-refractivity contribution in [1.82, 2.24) is 15.1 Å². The van der Waals surface area contributed by atoms with Crippen molar-refractivity contribution in [3.63, 3.8) is 0 Å². The number of piperazine rings is 1. The van der Waals surface area contributed by atoms with Gasteiger partial charge in [0.2, 0.25) is 0 Å². The highest BCUT2D eigenvalue weighted by atomic mass is 35.5. The first-order chi connectivity index (χ1) is 7.66. The van der Waals surface area contributed by atoms with E-state index >= 15 is 0 Å². The molecule has 17 heavy (non-hydrogen) atoms. The lowest BCUT2D eigenvalue weighted by molar-refractivity contribution is 0.0393. The molecule has 2 aliphatic heterocycles. The van der Waals surface area contributed by atoms with E-state index in [-0.39, 0.29) is 18.4 Å². The second kappa shape index (κ2) is 6.42. The number of halogens is 1. The van der Waals surface area contributed by atoms with Gasteiger partial charge in [-0.2, -0.15) is 0 Å². The second-order valence-electron chi connectivity index (χ2n) is 4.76. The molecule has 0 saturated carbocycles. The first-order valence-corrected chi connectivity index (χ1v) is 6.04. The first kappa shape index (κ1) is 14.5. The highest BCUT2D eigenvalue weighted by molar-refractivity contribution is 5.85. The van der Waals surface area contributed by atoms with Crippen LogP contribution in [0.4, 0.5) is 4.79 Å². The van der Waals surface area contributed by atoms with E-state index in [1.165, 1.54) is 0 Å². The molecular formula is C11H22ClN3O2. The Labute approximate surface area is 109 Å². The number of ether oxygens (including phenoxy) is 1. The lowest BCUT2D eigenvalue weighted by Crippen LogP contribution is -2.59. The minimum Gasteiger partial charge on any atom is -0.378 e. The zero-order valence-electron chi connectivity index (χ0n) is 10.5. The average Bonchev–Trinajstić information content (AvgIpc) is 2.28. The van der Waals surface area contributed by atoms with E-state index in [0.717, 1.165) is 26.2 Å². The molecular weight excluding hydrogens is 242 g/mol. The van der Waals surface area contributed by atoms with E-state index in [9.17, 15) is 4.79 Å². The Balaban J connectivity index is 0.00000144. The molecule has 2 rings (SSSR count). The van der Waals surface area contributed by atoms with Gasteiger partial charge in [-0.3, -0.25) is 0 Å². The number of nitrogens with one attached hydrogen (secondary N) is 1. The van der Waals surface area contributed by atoms with Gasteiger partial charge in [0.1, 0.15) is 0 Å². The minimum absolute atomic E-state index is 0. The SMILES string of the molecule is CC1CN(C(=O)N2CCOCC2)CC(C)N1.Cl. The van der Waals surface area contributed by atoms with Crippen molar-refractivity contribution in [3.05, 3.63) is 0 Å². The molecule has 2 saturated heterocycles. The molecule has 0 aromatic rings. The summed E-state index contributed by atoms with van der Waals surface area (Å²) < 4.78 is 5.25. The van der Waals surface area contributed by atoms with Gasteiger partial charge in [-0.15, -0.1) is 12.4 Å². The van der Waals surface area contributed by atoms with Crippen LogP contribution < -0.4 is 5.32 Å². The molecule has 100 valence electrons. The molecule has 2 fully saturated rings. The number of hydrogen-bond donors (Lipinski definition) is 1. The Morgan fingerprint density at radius 3 is 2.18 bits per heavy atom. The second-order valence-corrected chi connectivity index (χ2v) is 4.76. The quantitative estimate of drug-likeness (QED) is 0.694. The number of carbonyl (C=O) groups excluding carboxylic acids is 1. The summed E-state index contributed by atoms with van der Waals surface area (Å²) in [4.78, 5) is 16.1. The number of carbonyl (C=O) groups is 1. The maximum absolute atomic E-state index is 12.2. The lowest BCUT2D eigenvalue weighted by Gasteiger charge is -2.39. The molecule has 2 amide bonds. The Morgan fingerprint density at radius 1 is 1.12 bits per heavy atom. The summed E-state index contributed by atoms with van der Waals surface area (Å²) in [5.41, 5.74) is 0. The zero-order valence-corrected chi connectivity index (χ0v) is 11.3. The Kier molecular flexibility index (Phi) is 5.49. The Hall–Kier alpha value is -0.520. The van der Waals surface area contributed by atoms with Gasteiger partial charge >= 0.3 is 6.03 Å². The maximum atomic E-state index is 12.2. The molecule has 2 unspecified atom stereocenters. The van der Waals surface area contributed by atoms with Crippen molar-refractivity contribution in [1.29, 1.82) is 0 Å². The van der Waals surface area contributed by atoms with Gasteiger partial charge in [0.25, 0.3) is 0 Å². The van der Waals surface area contributed by atoms with E-state index in [1.54, 1.807) is 0 Å². The van der Waals surface area contributed by atoms with Gasteiger partial charge in [-0.25, -0.2) is 4.79 Å². The third-order valence-electron chi connectivity index (χ3n) is 3.11. The van der Waals surface area contributed by atoms with Crippen LogP contribution in [-0.2, 0) is 4.74 Å². The van der Waals surface area contributed by atoms with Crippen LogP contribution in [0.3, 0.4) is 0 Å². The minimum atomic E-state index is 0. The molecule has 0 aromatic carbocycles. The molecule has 6 heteroatoms. The first-order valence-electron chi connectivity index (χ1n) is 6.04. The number of morpholine rings is 1. The molecule has 0 spiro atoms. The number of urea groups is 1. The largest absolute Gasteiger partial charge is 0.378 e. The van der Waals surface area contributed by atoms with E-state index < -0.39 is 0 Å². The van der Waals surface area contributed by atoms with Crippen molar-refractivity contribution in [2.45, 2.75) is 25.9 Å². The average molecular weight is 264 g/mol. The van der Waals surface area contributed by atoms with Crippen molar-refractivity contribution in [2.75, 3.05) is 39.4 Å². The number of hydrogen-bond acceptors (Lipinski definition) is 3. The van der Waals surface area contributed by atoms with Crippen molar-refractivity contribution in [2.24, 2.45) is 0 Å². The van der Waals surface area contributed by atoms with Crippen LogP contribution in [0.1, 0.15) is 13.8 Å². The smallest absolute Gasteiger partial charge is 0.320 e. The lowest BCUT2D eigenvalue weighted by atomic mass is 10.1. The predicted octanol–water partition coefficient (Wildman–Crippen LogP) is 0.543. The summed E-state index contributed by atoms with van der Waals surface area (Å²) in [6.45, 7) is 8.65. The van der Waals surface area contributed by atoms with E-state index in [4.69, 9.17) is 4.74 Å². The molecule has 2 heterocycles. The van der Waals surface area contributed by atoms with Gasteiger partial charge < -0.3 is 19.9 Å². The summed E-state index contributed by atoms with van der Waals surface area (Å²) in [6, 6.07) is 0.936. The molecule has 0 aromatic heterocycles. The molecule has 0 aliphatic carbocycles. The van der Waals surface area contributed by atoms with Crippen LogP contribution in [0, 0.1) is 0 Å².